The Kier molecular flexibility index (Phi) is 3.66. The molecule has 0 spiro atoms. The van der Waals surface area contributed by atoms with Gasteiger partial charge in [0.1, 0.15) is 0 Å². The van der Waals surface area contributed by atoms with E-state index in [0.717, 1.165) is 11.1 Å². The minimum atomic E-state index is -3.75. The van der Waals surface area contributed by atoms with Crippen LogP contribution in [0.5, 0.6) is 0 Å². The van der Waals surface area contributed by atoms with Gasteiger partial charge in [0.2, 0.25) is 0 Å². The first kappa shape index (κ1) is 13.4. The molecule has 0 atom stereocenters. The quantitative estimate of drug-likeness (QED) is 0.777. The van der Waals surface area contributed by atoms with E-state index in [1.54, 1.807) is 25.1 Å². The smallest absolute Gasteiger partial charge is 0.207 e. The van der Waals surface area contributed by atoms with Crippen molar-refractivity contribution >= 4 is 31.3 Å². The third-order valence-corrected chi connectivity index (χ3v) is 4.43. The maximum absolute atomic E-state index is 11.5. The number of benzene rings is 2. The summed E-state index contributed by atoms with van der Waals surface area (Å²) in [5, 5.41) is 0.569. The zero-order valence-electron chi connectivity index (χ0n) is 9.52. The van der Waals surface area contributed by atoms with E-state index in [0.29, 0.717) is 10.6 Å². The molecule has 94 valence electrons. The molecule has 0 aliphatic heterocycles. The molecule has 2 aromatic carbocycles. The number of hydrogen-bond donors (Lipinski definition) is 0. The summed E-state index contributed by atoms with van der Waals surface area (Å²) in [4.78, 5) is 0.113. The molecule has 18 heavy (non-hydrogen) atoms. The molecule has 5 heteroatoms. The van der Waals surface area contributed by atoms with E-state index in [2.05, 4.69) is 0 Å². The first-order chi connectivity index (χ1) is 8.39. The summed E-state index contributed by atoms with van der Waals surface area (Å²) in [5.41, 5.74) is 2.12. The molecule has 0 amide bonds. The minimum Gasteiger partial charge on any atom is -0.207 e. The Bertz CT molecular complexity index is 694. The molecule has 0 N–H and O–H groups in total. The van der Waals surface area contributed by atoms with Crippen LogP contribution in [0.4, 0.5) is 0 Å². The second-order valence-corrected chi connectivity index (χ2v) is 6.84. The van der Waals surface area contributed by atoms with Crippen molar-refractivity contribution < 1.29 is 8.42 Å². The largest absolute Gasteiger partial charge is 0.261 e. The van der Waals surface area contributed by atoms with E-state index >= 15 is 0 Å². The highest BCUT2D eigenvalue weighted by molar-refractivity contribution is 8.13. The molecule has 0 saturated carbocycles. The second-order valence-electron chi connectivity index (χ2n) is 3.90. The van der Waals surface area contributed by atoms with E-state index < -0.39 is 9.05 Å². The lowest BCUT2D eigenvalue weighted by molar-refractivity contribution is 0.609. The van der Waals surface area contributed by atoms with Gasteiger partial charge in [-0.2, -0.15) is 0 Å². The number of aryl methyl sites for hydroxylation is 1. The van der Waals surface area contributed by atoms with Gasteiger partial charge in [-0.15, -0.1) is 0 Å². The fourth-order valence-electron chi connectivity index (χ4n) is 1.73. The van der Waals surface area contributed by atoms with Crippen LogP contribution in [0.25, 0.3) is 11.1 Å². The Labute approximate surface area is 116 Å². The van der Waals surface area contributed by atoms with E-state index in [1.807, 2.05) is 24.3 Å². The summed E-state index contributed by atoms with van der Waals surface area (Å²) in [7, 11) is 1.65. The predicted octanol–water partition coefficient (Wildman–Crippen LogP) is 4.24. The number of rotatable bonds is 2. The van der Waals surface area contributed by atoms with Crippen LogP contribution in [0.2, 0.25) is 5.02 Å². The summed E-state index contributed by atoms with van der Waals surface area (Å²) < 4.78 is 22.9. The molecule has 0 aromatic heterocycles. The molecule has 0 aliphatic rings. The highest BCUT2D eigenvalue weighted by Crippen LogP contribution is 2.31. The second kappa shape index (κ2) is 4.92. The van der Waals surface area contributed by atoms with E-state index in [9.17, 15) is 8.42 Å². The average Bonchev–Trinajstić information content (AvgIpc) is 2.29. The molecule has 0 heterocycles. The molecule has 0 bridgehead atoms. The minimum absolute atomic E-state index is 0.113. The highest BCUT2D eigenvalue weighted by atomic mass is 35.7. The molecule has 0 radical (unpaired) electrons. The van der Waals surface area contributed by atoms with Crippen molar-refractivity contribution in [3.8, 4) is 11.1 Å². The zero-order valence-corrected chi connectivity index (χ0v) is 11.9. The fourth-order valence-corrected chi connectivity index (χ4v) is 3.19. The first-order valence-corrected chi connectivity index (χ1v) is 7.88. The molecule has 2 aromatic rings. The van der Waals surface area contributed by atoms with Gasteiger partial charge in [-0.3, -0.25) is 0 Å². The van der Waals surface area contributed by atoms with Crippen molar-refractivity contribution in [3.05, 3.63) is 53.1 Å². The van der Waals surface area contributed by atoms with Crippen LogP contribution in [-0.2, 0) is 9.05 Å². The van der Waals surface area contributed by atoms with Gasteiger partial charge in [-0.25, -0.2) is 8.42 Å². The third kappa shape index (κ3) is 2.69. The molecular weight excluding hydrogens is 291 g/mol. The maximum Gasteiger partial charge on any atom is 0.261 e. The predicted molar refractivity (Wildman–Crippen MR) is 74.7 cm³/mol. The van der Waals surface area contributed by atoms with Gasteiger partial charge >= 0.3 is 0 Å². The Morgan fingerprint density at radius 1 is 1.06 bits per heavy atom. The Balaban J connectivity index is 2.66. The van der Waals surface area contributed by atoms with Crippen LogP contribution in [0.1, 0.15) is 5.56 Å². The molecule has 0 saturated heterocycles. The molecule has 2 rings (SSSR count). The summed E-state index contributed by atoms with van der Waals surface area (Å²) in [5.74, 6) is 0. The van der Waals surface area contributed by atoms with Gasteiger partial charge in [-0.05, 0) is 30.2 Å². The van der Waals surface area contributed by atoms with Gasteiger partial charge in [0.25, 0.3) is 9.05 Å². The summed E-state index contributed by atoms with van der Waals surface area (Å²) in [6, 6.07) is 12.3. The lowest BCUT2D eigenvalue weighted by Crippen LogP contribution is -1.95. The van der Waals surface area contributed by atoms with Gasteiger partial charge in [0, 0.05) is 21.3 Å². The normalized spacial score (nSPS) is 11.5. The molecule has 2 nitrogen and oxygen atoms in total. The third-order valence-electron chi connectivity index (χ3n) is 2.64. The highest BCUT2D eigenvalue weighted by Gasteiger charge is 2.15. The zero-order chi connectivity index (χ0) is 13.3. The Morgan fingerprint density at radius 3 is 2.33 bits per heavy atom. The maximum atomic E-state index is 11.5. The first-order valence-electron chi connectivity index (χ1n) is 5.20. The van der Waals surface area contributed by atoms with Crippen LogP contribution in [0.15, 0.2) is 47.4 Å². The Morgan fingerprint density at radius 2 is 1.72 bits per heavy atom. The van der Waals surface area contributed by atoms with Crippen molar-refractivity contribution in [1.29, 1.82) is 0 Å². The van der Waals surface area contributed by atoms with Gasteiger partial charge in [0.15, 0.2) is 0 Å². The molecular formula is C13H10Cl2O2S. The van der Waals surface area contributed by atoms with Gasteiger partial charge in [-0.1, -0.05) is 41.9 Å². The Hall–Kier alpha value is -1.03. The monoisotopic (exact) mass is 300 g/mol. The summed E-state index contributed by atoms with van der Waals surface area (Å²) in [6.45, 7) is 1.70. The molecule has 0 unspecified atom stereocenters. The molecule has 0 fully saturated rings. The van der Waals surface area contributed by atoms with E-state index in [-0.39, 0.29) is 4.90 Å². The summed E-state index contributed by atoms with van der Waals surface area (Å²) >= 11 is 6.08. The van der Waals surface area contributed by atoms with Crippen molar-refractivity contribution in [1.82, 2.24) is 0 Å². The topological polar surface area (TPSA) is 34.1 Å². The van der Waals surface area contributed by atoms with Crippen molar-refractivity contribution in [2.75, 3.05) is 0 Å². The lowest BCUT2D eigenvalue weighted by atomic mass is 10.0. The standard InChI is InChI=1S/C13H10Cl2O2S/c1-9-6-7-10(8-13(9)18(15,16)17)11-4-2-3-5-12(11)14/h2-8H,1H3. The van der Waals surface area contributed by atoms with E-state index in [1.165, 1.54) is 0 Å². The van der Waals surface area contributed by atoms with Crippen molar-refractivity contribution in [3.63, 3.8) is 0 Å². The lowest BCUT2D eigenvalue weighted by Gasteiger charge is -2.08. The SMILES string of the molecule is Cc1ccc(-c2ccccc2Cl)cc1S(=O)(=O)Cl. The van der Waals surface area contributed by atoms with Crippen LogP contribution in [-0.4, -0.2) is 8.42 Å². The fraction of sp³-hybridized carbons (Fsp3) is 0.0769. The van der Waals surface area contributed by atoms with Gasteiger partial charge < -0.3 is 0 Å². The van der Waals surface area contributed by atoms with Crippen LogP contribution in [0.3, 0.4) is 0 Å². The molecule has 0 aliphatic carbocycles. The summed E-state index contributed by atoms with van der Waals surface area (Å²) in [6.07, 6.45) is 0. The average molecular weight is 301 g/mol. The van der Waals surface area contributed by atoms with Crippen molar-refractivity contribution in [2.45, 2.75) is 11.8 Å². The van der Waals surface area contributed by atoms with Crippen LogP contribution in [0, 0.1) is 6.92 Å². The number of hydrogen-bond acceptors (Lipinski definition) is 2. The van der Waals surface area contributed by atoms with Crippen molar-refractivity contribution in [2.24, 2.45) is 0 Å². The van der Waals surface area contributed by atoms with Crippen LogP contribution < -0.4 is 0 Å². The van der Waals surface area contributed by atoms with Crippen LogP contribution >= 0.6 is 22.3 Å². The number of halogens is 2. The van der Waals surface area contributed by atoms with Gasteiger partial charge in [0.05, 0.1) is 4.90 Å². The van der Waals surface area contributed by atoms with E-state index in [4.69, 9.17) is 22.3 Å².